The van der Waals surface area contributed by atoms with Gasteiger partial charge in [-0.15, -0.1) is 0 Å². The minimum absolute atomic E-state index is 0.101. The normalized spacial score (nSPS) is 16.4. The van der Waals surface area contributed by atoms with Gasteiger partial charge < -0.3 is 14.2 Å². The molecule has 1 unspecified atom stereocenters. The number of hydrogen-bond donors (Lipinski definition) is 0. The number of aryl methyl sites for hydroxylation is 1. The topological polar surface area (TPSA) is 84.0 Å². The highest BCUT2D eigenvalue weighted by atomic mass is 16.5. The van der Waals surface area contributed by atoms with E-state index in [0.29, 0.717) is 26.1 Å². The third-order valence-electron chi connectivity index (χ3n) is 5.19. The van der Waals surface area contributed by atoms with E-state index < -0.39 is 0 Å². The average molecular weight is 369 g/mol. The molecule has 0 saturated carbocycles. The van der Waals surface area contributed by atoms with Gasteiger partial charge in [0.05, 0.1) is 18.7 Å². The molecule has 0 bridgehead atoms. The van der Waals surface area contributed by atoms with Crippen molar-refractivity contribution in [1.82, 2.24) is 19.4 Å². The number of amides is 1. The Balaban J connectivity index is 1.62. The SMILES string of the molecule is COCC(C)n1c(CCCC(=O)N2CCC(C#N)CC2)nc2cccnc21. The zero-order valence-electron chi connectivity index (χ0n) is 16.1. The van der Waals surface area contributed by atoms with Gasteiger partial charge in [0.25, 0.3) is 0 Å². The minimum atomic E-state index is 0.101. The molecule has 2 aromatic rings. The molecule has 1 saturated heterocycles. The number of nitriles is 1. The standard InChI is InChI=1S/C20H27N5O2/c1-15(14-27-2)25-18(23-17-5-4-10-22-20(17)25)6-3-7-19(26)24-11-8-16(13-21)9-12-24/h4-5,10,15-16H,3,6-9,11-12,14H2,1-2H3. The summed E-state index contributed by atoms with van der Waals surface area (Å²) in [7, 11) is 1.69. The van der Waals surface area contributed by atoms with Crippen LogP contribution in [-0.2, 0) is 16.0 Å². The average Bonchev–Trinajstić information content (AvgIpc) is 3.06. The predicted octanol–water partition coefficient (Wildman–Crippen LogP) is 2.72. The van der Waals surface area contributed by atoms with Crippen molar-refractivity contribution in [3.63, 3.8) is 0 Å². The Labute approximate surface area is 160 Å². The summed E-state index contributed by atoms with van der Waals surface area (Å²) in [5.41, 5.74) is 1.74. The van der Waals surface area contributed by atoms with E-state index in [1.54, 1.807) is 13.3 Å². The van der Waals surface area contributed by atoms with Crippen LogP contribution < -0.4 is 0 Å². The lowest BCUT2D eigenvalue weighted by Crippen LogP contribution is -2.38. The van der Waals surface area contributed by atoms with E-state index in [0.717, 1.165) is 42.7 Å². The number of piperidine rings is 1. The van der Waals surface area contributed by atoms with Gasteiger partial charge in [-0.2, -0.15) is 5.26 Å². The molecule has 0 spiro atoms. The van der Waals surface area contributed by atoms with Crippen LogP contribution in [0.15, 0.2) is 18.3 Å². The molecular formula is C20H27N5O2. The third-order valence-corrected chi connectivity index (χ3v) is 5.19. The second-order valence-electron chi connectivity index (χ2n) is 7.19. The van der Waals surface area contributed by atoms with Gasteiger partial charge in [0, 0.05) is 45.2 Å². The molecule has 1 atom stereocenters. The van der Waals surface area contributed by atoms with Crippen molar-refractivity contribution in [2.75, 3.05) is 26.8 Å². The van der Waals surface area contributed by atoms with Gasteiger partial charge in [-0.25, -0.2) is 9.97 Å². The maximum absolute atomic E-state index is 12.5. The Morgan fingerprint density at radius 1 is 1.44 bits per heavy atom. The summed E-state index contributed by atoms with van der Waals surface area (Å²) >= 11 is 0. The van der Waals surface area contributed by atoms with Crippen molar-refractivity contribution >= 4 is 17.1 Å². The van der Waals surface area contributed by atoms with Gasteiger partial charge in [-0.05, 0) is 38.3 Å². The van der Waals surface area contributed by atoms with Crippen LogP contribution in [0.1, 0.15) is 44.5 Å². The van der Waals surface area contributed by atoms with Gasteiger partial charge in [0.15, 0.2) is 5.65 Å². The minimum Gasteiger partial charge on any atom is -0.383 e. The van der Waals surface area contributed by atoms with Crippen molar-refractivity contribution in [3.05, 3.63) is 24.2 Å². The maximum atomic E-state index is 12.5. The van der Waals surface area contributed by atoms with Gasteiger partial charge in [0.1, 0.15) is 11.3 Å². The van der Waals surface area contributed by atoms with Crippen molar-refractivity contribution in [2.45, 2.75) is 45.1 Å². The molecule has 1 aliphatic heterocycles. The summed E-state index contributed by atoms with van der Waals surface area (Å²) in [6.45, 7) is 4.07. The first-order valence-electron chi connectivity index (χ1n) is 9.62. The van der Waals surface area contributed by atoms with Crippen molar-refractivity contribution < 1.29 is 9.53 Å². The van der Waals surface area contributed by atoms with Crippen molar-refractivity contribution in [1.29, 1.82) is 5.26 Å². The molecular weight excluding hydrogens is 342 g/mol. The lowest BCUT2D eigenvalue weighted by molar-refractivity contribution is -0.132. The Bertz CT molecular complexity index is 817. The highest BCUT2D eigenvalue weighted by Crippen LogP contribution is 2.22. The zero-order chi connectivity index (χ0) is 19.2. The molecule has 7 heteroatoms. The van der Waals surface area contributed by atoms with E-state index in [9.17, 15) is 4.79 Å². The summed E-state index contributed by atoms with van der Waals surface area (Å²) in [4.78, 5) is 23.6. The summed E-state index contributed by atoms with van der Waals surface area (Å²) < 4.78 is 7.44. The van der Waals surface area contributed by atoms with Crippen LogP contribution in [0, 0.1) is 17.2 Å². The van der Waals surface area contributed by atoms with E-state index in [1.165, 1.54) is 0 Å². The molecule has 0 N–H and O–H groups in total. The maximum Gasteiger partial charge on any atom is 0.222 e. The van der Waals surface area contributed by atoms with Gasteiger partial charge in [-0.3, -0.25) is 4.79 Å². The fraction of sp³-hybridized carbons (Fsp3) is 0.600. The number of methoxy groups -OCH3 is 1. The number of likely N-dealkylation sites (tertiary alicyclic amines) is 1. The fourth-order valence-electron chi connectivity index (χ4n) is 3.75. The summed E-state index contributed by atoms with van der Waals surface area (Å²) in [6.07, 6.45) is 5.34. The molecule has 27 heavy (non-hydrogen) atoms. The van der Waals surface area contributed by atoms with Crippen LogP contribution >= 0.6 is 0 Å². The Morgan fingerprint density at radius 2 is 2.22 bits per heavy atom. The van der Waals surface area contributed by atoms with Crippen LogP contribution in [0.3, 0.4) is 0 Å². The molecule has 0 aliphatic carbocycles. The Hall–Kier alpha value is -2.46. The summed E-state index contributed by atoms with van der Waals surface area (Å²) in [5, 5.41) is 8.98. The lowest BCUT2D eigenvalue weighted by atomic mass is 9.98. The molecule has 3 rings (SSSR count). The van der Waals surface area contributed by atoms with Crippen LogP contribution in [0.5, 0.6) is 0 Å². The highest BCUT2D eigenvalue weighted by molar-refractivity contribution is 5.76. The van der Waals surface area contributed by atoms with E-state index >= 15 is 0 Å². The number of ether oxygens (including phenoxy) is 1. The Kier molecular flexibility index (Phi) is 6.40. The van der Waals surface area contributed by atoms with Crippen LogP contribution in [0.4, 0.5) is 0 Å². The first kappa shape index (κ1) is 19.3. The molecule has 7 nitrogen and oxygen atoms in total. The van der Waals surface area contributed by atoms with Gasteiger partial charge >= 0.3 is 0 Å². The number of imidazole rings is 1. The molecule has 1 fully saturated rings. The number of hydrogen-bond acceptors (Lipinski definition) is 5. The zero-order valence-corrected chi connectivity index (χ0v) is 16.1. The molecule has 0 aromatic carbocycles. The van der Waals surface area contributed by atoms with Crippen LogP contribution in [0.2, 0.25) is 0 Å². The molecule has 3 heterocycles. The summed E-state index contributed by atoms with van der Waals surface area (Å²) in [6, 6.07) is 6.29. The number of rotatable bonds is 7. The quantitative estimate of drug-likeness (QED) is 0.749. The summed E-state index contributed by atoms with van der Waals surface area (Å²) in [5.74, 6) is 1.23. The second-order valence-corrected chi connectivity index (χ2v) is 7.19. The molecule has 144 valence electrons. The molecule has 1 aliphatic rings. The molecule has 2 aromatic heterocycles. The van der Waals surface area contributed by atoms with Gasteiger partial charge in [0.2, 0.25) is 5.91 Å². The van der Waals surface area contributed by atoms with E-state index in [1.807, 2.05) is 17.0 Å². The van der Waals surface area contributed by atoms with Crippen LogP contribution in [0.25, 0.3) is 11.2 Å². The van der Waals surface area contributed by atoms with Crippen molar-refractivity contribution in [3.8, 4) is 6.07 Å². The number of carbonyl (C=O) groups is 1. The van der Waals surface area contributed by atoms with E-state index in [2.05, 4.69) is 22.5 Å². The predicted molar refractivity (Wildman–Crippen MR) is 102 cm³/mol. The first-order valence-corrected chi connectivity index (χ1v) is 9.62. The smallest absolute Gasteiger partial charge is 0.222 e. The first-order chi connectivity index (χ1) is 13.1. The lowest BCUT2D eigenvalue weighted by Gasteiger charge is -2.29. The number of aromatic nitrogens is 3. The number of nitrogens with zero attached hydrogens (tertiary/aromatic N) is 5. The number of carbonyl (C=O) groups excluding carboxylic acids is 1. The monoisotopic (exact) mass is 369 g/mol. The van der Waals surface area contributed by atoms with Gasteiger partial charge in [-0.1, -0.05) is 0 Å². The highest BCUT2D eigenvalue weighted by Gasteiger charge is 2.22. The number of pyridine rings is 1. The largest absolute Gasteiger partial charge is 0.383 e. The second kappa shape index (κ2) is 8.96. The molecule has 1 amide bonds. The Morgan fingerprint density at radius 3 is 2.93 bits per heavy atom. The van der Waals surface area contributed by atoms with E-state index in [-0.39, 0.29) is 17.9 Å². The molecule has 0 radical (unpaired) electrons. The fourth-order valence-corrected chi connectivity index (χ4v) is 3.75. The number of fused-ring (bicyclic) bond motifs is 1. The third kappa shape index (κ3) is 4.45. The van der Waals surface area contributed by atoms with Crippen molar-refractivity contribution in [2.24, 2.45) is 5.92 Å². The van der Waals surface area contributed by atoms with E-state index in [4.69, 9.17) is 15.0 Å². The van der Waals surface area contributed by atoms with Crippen LogP contribution in [-0.4, -0.2) is 52.1 Å².